The van der Waals surface area contributed by atoms with Crippen molar-refractivity contribution < 1.29 is 12.8 Å². The molecule has 0 aliphatic carbocycles. The maximum atomic E-state index is 13.2. The lowest BCUT2D eigenvalue weighted by molar-refractivity contribution is 0.554. The smallest absolute Gasteiger partial charge is 0.209 e. The molecule has 0 aromatic heterocycles. The summed E-state index contributed by atoms with van der Waals surface area (Å²) in [6.45, 7) is 1.60. The third kappa shape index (κ3) is 3.08. The van der Waals surface area contributed by atoms with Crippen LogP contribution >= 0.6 is 0 Å². The second-order valence-electron chi connectivity index (χ2n) is 3.13. The van der Waals surface area contributed by atoms with E-state index in [2.05, 4.69) is 4.72 Å². The Balaban J connectivity index is 2.90. The summed E-state index contributed by atoms with van der Waals surface area (Å²) in [4.78, 5) is 0. The summed E-state index contributed by atoms with van der Waals surface area (Å²) in [6.07, 6.45) is 1.05. The Hall–Kier alpha value is -0.940. The summed E-state index contributed by atoms with van der Waals surface area (Å²) in [5.41, 5.74) is 0.345. The lowest BCUT2D eigenvalue weighted by Gasteiger charge is -2.12. The van der Waals surface area contributed by atoms with Gasteiger partial charge in [-0.05, 0) is 13.0 Å². The molecule has 0 saturated carbocycles. The van der Waals surface area contributed by atoms with Crippen LogP contribution in [0.15, 0.2) is 24.3 Å². The van der Waals surface area contributed by atoms with E-state index in [1.54, 1.807) is 25.1 Å². The molecule has 5 heteroatoms. The van der Waals surface area contributed by atoms with E-state index in [1.807, 2.05) is 0 Å². The average molecular weight is 217 g/mol. The molecule has 0 fully saturated rings. The molecule has 0 radical (unpaired) electrons. The van der Waals surface area contributed by atoms with Crippen molar-refractivity contribution in [3.8, 4) is 0 Å². The first kappa shape index (κ1) is 11.1. The Morgan fingerprint density at radius 1 is 1.36 bits per heavy atom. The summed E-state index contributed by atoms with van der Waals surface area (Å²) in [6, 6.07) is 5.53. The number of halogens is 1. The van der Waals surface area contributed by atoms with Crippen molar-refractivity contribution in [2.24, 2.45) is 0 Å². The molecule has 1 rings (SSSR count). The Bertz CT molecular complexity index is 417. The van der Waals surface area contributed by atoms with Crippen LogP contribution in [-0.4, -0.2) is 14.7 Å². The van der Waals surface area contributed by atoms with E-state index >= 15 is 0 Å². The quantitative estimate of drug-likeness (QED) is 0.832. The minimum atomic E-state index is -3.30. The van der Waals surface area contributed by atoms with Crippen LogP contribution in [0.2, 0.25) is 0 Å². The van der Waals surface area contributed by atoms with Gasteiger partial charge in [-0.1, -0.05) is 18.2 Å². The van der Waals surface area contributed by atoms with Crippen molar-refractivity contribution in [1.82, 2.24) is 4.72 Å². The van der Waals surface area contributed by atoms with Gasteiger partial charge in [0, 0.05) is 11.6 Å². The van der Waals surface area contributed by atoms with Crippen LogP contribution in [0.4, 0.5) is 4.39 Å². The fourth-order valence-corrected chi connectivity index (χ4v) is 1.98. The molecule has 0 bridgehead atoms. The monoisotopic (exact) mass is 217 g/mol. The van der Waals surface area contributed by atoms with Crippen LogP contribution in [0, 0.1) is 5.82 Å². The second-order valence-corrected chi connectivity index (χ2v) is 4.91. The molecule has 0 saturated heterocycles. The van der Waals surface area contributed by atoms with Crippen molar-refractivity contribution in [3.63, 3.8) is 0 Å². The van der Waals surface area contributed by atoms with Crippen molar-refractivity contribution in [2.45, 2.75) is 13.0 Å². The van der Waals surface area contributed by atoms with Crippen LogP contribution in [0.25, 0.3) is 0 Å². The zero-order valence-corrected chi connectivity index (χ0v) is 8.81. The molecular formula is C9H12FNO2S. The van der Waals surface area contributed by atoms with Gasteiger partial charge < -0.3 is 0 Å². The average Bonchev–Trinajstić information content (AvgIpc) is 2.01. The minimum absolute atomic E-state index is 0.345. The molecular weight excluding hydrogens is 205 g/mol. The largest absolute Gasteiger partial charge is 0.213 e. The molecule has 0 aliphatic rings. The van der Waals surface area contributed by atoms with Gasteiger partial charge in [-0.25, -0.2) is 17.5 Å². The molecule has 1 aromatic rings. The zero-order chi connectivity index (χ0) is 10.8. The van der Waals surface area contributed by atoms with Crippen LogP contribution < -0.4 is 4.72 Å². The predicted molar refractivity (Wildman–Crippen MR) is 52.8 cm³/mol. The van der Waals surface area contributed by atoms with E-state index in [-0.39, 0.29) is 0 Å². The van der Waals surface area contributed by atoms with Gasteiger partial charge in [-0.2, -0.15) is 0 Å². The maximum absolute atomic E-state index is 13.2. The molecule has 0 spiro atoms. The minimum Gasteiger partial charge on any atom is -0.213 e. The molecule has 14 heavy (non-hydrogen) atoms. The lowest BCUT2D eigenvalue weighted by atomic mass is 10.1. The Labute approximate surface area is 83.0 Å². The van der Waals surface area contributed by atoms with E-state index in [1.165, 1.54) is 6.07 Å². The number of hydrogen-bond acceptors (Lipinski definition) is 2. The number of sulfonamides is 1. The van der Waals surface area contributed by atoms with Crippen LogP contribution in [0.3, 0.4) is 0 Å². The van der Waals surface area contributed by atoms with E-state index in [0.29, 0.717) is 5.56 Å². The number of rotatable bonds is 3. The summed E-state index contributed by atoms with van der Waals surface area (Å²) in [5.74, 6) is -0.406. The van der Waals surface area contributed by atoms with E-state index in [0.717, 1.165) is 6.26 Å². The third-order valence-electron chi connectivity index (χ3n) is 1.76. The van der Waals surface area contributed by atoms with Gasteiger partial charge in [0.1, 0.15) is 5.82 Å². The molecule has 3 nitrogen and oxygen atoms in total. The molecule has 78 valence electrons. The van der Waals surface area contributed by atoms with E-state index in [4.69, 9.17) is 0 Å². The van der Waals surface area contributed by atoms with E-state index < -0.39 is 21.9 Å². The molecule has 0 amide bonds. The number of benzene rings is 1. The highest BCUT2D eigenvalue weighted by Crippen LogP contribution is 2.16. The number of nitrogens with one attached hydrogen (secondary N) is 1. The summed E-state index contributed by atoms with van der Waals surface area (Å²) >= 11 is 0. The fourth-order valence-electron chi connectivity index (χ4n) is 1.21. The SMILES string of the molecule is CC(NS(C)(=O)=O)c1ccccc1F. The van der Waals surface area contributed by atoms with Gasteiger partial charge in [-0.3, -0.25) is 0 Å². The fraction of sp³-hybridized carbons (Fsp3) is 0.333. The Morgan fingerprint density at radius 2 is 1.93 bits per heavy atom. The zero-order valence-electron chi connectivity index (χ0n) is 7.99. The topological polar surface area (TPSA) is 46.2 Å². The molecule has 1 atom stereocenters. The molecule has 1 unspecified atom stereocenters. The Morgan fingerprint density at radius 3 is 2.43 bits per heavy atom. The number of hydrogen-bond donors (Lipinski definition) is 1. The highest BCUT2D eigenvalue weighted by atomic mass is 32.2. The summed E-state index contributed by atoms with van der Waals surface area (Å²) in [5, 5.41) is 0. The van der Waals surface area contributed by atoms with Gasteiger partial charge in [0.15, 0.2) is 0 Å². The van der Waals surface area contributed by atoms with Gasteiger partial charge in [0.05, 0.1) is 6.26 Å². The van der Waals surface area contributed by atoms with Gasteiger partial charge in [-0.15, -0.1) is 0 Å². The molecule has 1 N–H and O–H groups in total. The standard InChI is InChI=1S/C9H12FNO2S/c1-7(11-14(2,12)13)8-5-3-4-6-9(8)10/h3-7,11H,1-2H3. The first-order valence-corrected chi connectivity index (χ1v) is 6.01. The second kappa shape index (κ2) is 4.06. The summed E-state index contributed by atoms with van der Waals surface area (Å²) < 4.78 is 37.3. The molecule has 0 aliphatic heterocycles. The van der Waals surface area contributed by atoms with Crippen molar-refractivity contribution in [3.05, 3.63) is 35.6 Å². The molecule has 0 heterocycles. The Kier molecular flexibility index (Phi) is 3.23. The highest BCUT2D eigenvalue weighted by Gasteiger charge is 2.13. The lowest BCUT2D eigenvalue weighted by Crippen LogP contribution is -2.25. The van der Waals surface area contributed by atoms with Gasteiger partial charge >= 0.3 is 0 Å². The predicted octanol–water partition coefficient (Wildman–Crippen LogP) is 1.44. The van der Waals surface area contributed by atoms with Crippen molar-refractivity contribution in [2.75, 3.05) is 6.26 Å². The first-order valence-electron chi connectivity index (χ1n) is 4.12. The van der Waals surface area contributed by atoms with Crippen LogP contribution in [0.1, 0.15) is 18.5 Å². The van der Waals surface area contributed by atoms with Crippen LogP contribution in [0.5, 0.6) is 0 Å². The van der Waals surface area contributed by atoms with Crippen molar-refractivity contribution >= 4 is 10.0 Å². The van der Waals surface area contributed by atoms with E-state index in [9.17, 15) is 12.8 Å². The maximum Gasteiger partial charge on any atom is 0.209 e. The van der Waals surface area contributed by atoms with Gasteiger partial charge in [0.25, 0.3) is 0 Å². The first-order chi connectivity index (χ1) is 6.40. The highest BCUT2D eigenvalue weighted by molar-refractivity contribution is 7.88. The summed E-state index contributed by atoms with van der Waals surface area (Å²) in [7, 11) is -3.30. The normalized spacial score (nSPS) is 13.9. The molecule has 1 aromatic carbocycles. The van der Waals surface area contributed by atoms with Crippen LogP contribution in [-0.2, 0) is 10.0 Å². The third-order valence-corrected chi connectivity index (χ3v) is 2.54. The van der Waals surface area contributed by atoms with Crippen molar-refractivity contribution in [1.29, 1.82) is 0 Å². The van der Waals surface area contributed by atoms with Gasteiger partial charge in [0.2, 0.25) is 10.0 Å².